The van der Waals surface area contributed by atoms with Gasteiger partial charge in [0.1, 0.15) is 57.8 Å². The number of thiophene rings is 1. The van der Waals surface area contributed by atoms with Crippen molar-refractivity contribution in [2.24, 2.45) is 0 Å². The molecule has 2 atom stereocenters. The summed E-state index contributed by atoms with van der Waals surface area (Å²) in [6.07, 6.45) is -0.212. The number of aromatic nitrogens is 3. The number of methoxy groups -OCH3 is 1. The van der Waals surface area contributed by atoms with E-state index < -0.39 is 69.0 Å². The summed E-state index contributed by atoms with van der Waals surface area (Å²) in [4.78, 5) is 16.1. The molecular weight excluding hydrogens is 723 g/mol. The number of fused-ring (bicyclic) bond motifs is 2. The second-order valence-corrected chi connectivity index (χ2v) is 14.0. The Hall–Kier alpha value is -5.34. The maximum Gasteiger partial charge on any atom is 0.420 e. The molecule has 8 rings (SSSR count). The van der Waals surface area contributed by atoms with Crippen LogP contribution in [-0.2, 0) is 6.18 Å². The van der Waals surface area contributed by atoms with Crippen molar-refractivity contribution >= 4 is 49.0 Å². The average molecular weight is 755 g/mol. The van der Waals surface area contributed by atoms with E-state index in [0.717, 1.165) is 30.4 Å². The van der Waals surface area contributed by atoms with E-state index in [1.807, 2.05) is 0 Å². The lowest BCUT2D eigenvalue weighted by atomic mass is 9.91. The summed E-state index contributed by atoms with van der Waals surface area (Å²) >= 11 is 0.649. The van der Waals surface area contributed by atoms with Crippen molar-refractivity contribution in [2.75, 3.05) is 49.7 Å². The summed E-state index contributed by atoms with van der Waals surface area (Å²) in [6.45, 7) is 7.63. The highest BCUT2D eigenvalue weighted by molar-refractivity contribution is 7.23. The summed E-state index contributed by atoms with van der Waals surface area (Å²) in [5.41, 5.74) is 9.63. The average Bonchev–Trinajstić information content (AvgIpc) is 3.76. The molecule has 6 heterocycles. The Morgan fingerprint density at radius 2 is 1.92 bits per heavy atom. The normalized spacial score (nSPS) is 17.6. The number of rotatable bonds is 4. The predicted molar refractivity (Wildman–Crippen MR) is 189 cm³/mol. The van der Waals surface area contributed by atoms with Gasteiger partial charge in [0.25, 0.3) is 0 Å². The number of hydrogen-bond acceptors (Lipinski definition) is 11. The summed E-state index contributed by atoms with van der Waals surface area (Å²) in [5, 5.41) is 8.86. The van der Waals surface area contributed by atoms with Crippen LogP contribution in [0.5, 0.6) is 11.8 Å². The van der Waals surface area contributed by atoms with E-state index in [-0.39, 0.29) is 51.0 Å². The third-order valence-electron chi connectivity index (χ3n) is 9.80. The molecular formula is C36H32F6N8O2S. The van der Waals surface area contributed by atoms with Gasteiger partial charge in [-0.2, -0.15) is 28.4 Å². The zero-order valence-corrected chi connectivity index (χ0v) is 29.3. The molecule has 0 spiro atoms. The third-order valence-corrected chi connectivity index (χ3v) is 10.8. The second-order valence-electron chi connectivity index (χ2n) is 13.0. The molecule has 2 aromatic carbocycles. The Morgan fingerprint density at radius 1 is 1.15 bits per heavy atom. The second kappa shape index (κ2) is 13.6. The molecule has 0 aliphatic carbocycles. The number of hydrogen-bond donors (Lipinski definition) is 2. The number of halogens is 6. The molecule has 3 aliphatic heterocycles. The van der Waals surface area contributed by atoms with Gasteiger partial charge < -0.3 is 25.8 Å². The van der Waals surface area contributed by atoms with Crippen LogP contribution in [0.15, 0.2) is 36.5 Å². The topological polar surface area (TPSA) is 139 Å². The number of nitrogens with two attached hydrogens (primary N) is 2. The van der Waals surface area contributed by atoms with Crippen molar-refractivity contribution in [1.82, 2.24) is 19.9 Å². The number of nitriles is 1. The number of nitrogens with zero attached hydrogens (tertiary/aromatic N) is 6. The zero-order chi connectivity index (χ0) is 37.9. The summed E-state index contributed by atoms with van der Waals surface area (Å²) in [7, 11) is 1.18. The largest absolute Gasteiger partial charge is 0.490 e. The fourth-order valence-electron chi connectivity index (χ4n) is 7.46. The fourth-order valence-corrected chi connectivity index (χ4v) is 8.40. The maximum absolute atomic E-state index is 16.8. The molecule has 5 aromatic rings. The molecule has 276 valence electrons. The van der Waals surface area contributed by atoms with E-state index in [2.05, 4.69) is 26.4 Å². The van der Waals surface area contributed by atoms with Gasteiger partial charge in [-0.1, -0.05) is 18.2 Å². The van der Waals surface area contributed by atoms with Gasteiger partial charge in [0.15, 0.2) is 5.82 Å². The van der Waals surface area contributed by atoms with Crippen LogP contribution in [0.3, 0.4) is 0 Å². The van der Waals surface area contributed by atoms with E-state index in [9.17, 15) is 14.0 Å². The van der Waals surface area contributed by atoms with Crippen LogP contribution in [0.4, 0.5) is 43.0 Å². The first-order chi connectivity index (χ1) is 25.2. The van der Waals surface area contributed by atoms with Crippen molar-refractivity contribution in [1.29, 1.82) is 5.26 Å². The minimum Gasteiger partial charge on any atom is -0.490 e. The molecule has 2 unspecified atom stereocenters. The van der Waals surface area contributed by atoms with Crippen LogP contribution >= 0.6 is 11.3 Å². The van der Waals surface area contributed by atoms with Crippen LogP contribution in [0.1, 0.15) is 48.9 Å². The third kappa shape index (κ3) is 6.19. The Kier molecular flexibility index (Phi) is 9.23. The van der Waals surface area contributed by atoms with Gasteiger partial charge in [-0.25, -0.2) is 18.2 Å². The van der Waals surface area contributed by atoms with E-state index in [4.69, 9.17) is 20.9 Å². The highest BCUT2D eigenvalue weighted by atomic mass is 32.1. The zero-order valence-electron chi connectivity index (χ0n) is 28.5. The van der Waals surface area contributed by atoms with Crippen molar-refractivity contribution in [3.8, 4) is 29.0 Å². The minimum atomic E-state index is -5.23. The monoisotopic (exact) mass is 754 g/mol. The lowest BCUT2D eigenvalue weighted by molar-refractivity contribution is -0.138. The standard InChI is InChI=1S/C28H19F6N7O2S.C8H13N/c1-10(13-7-11(29)9-38-24(13)36)41-5-6-43-22-18-21(39-27(42-2)40-26(18)41)20(31)17(19(22)28(32,33)34)12-3-4-15(30)23-16(12)14(8-35)25(37)44-23;1-7-5-8-3-2-4-9(8)6-7/h3-4,7,9-10H,5-6,37H2,1-2H3,(H2,36,38);8H,1-6H2. The first-order valence-corrected chi connectivity index (χ1v) is 17.3. The molecule has 10 nitrogen and oxygen atoms in total. The van der Waals surface area contributed by atoms with Crippen LogP contribution in [0.25, 0.3) is 32.1 Å². The van der Waals surface area contributed by atoms with Gasteiger partial charge in [0, 0.05) is 29.1 Å². The molecule has 3 aromatic heterocycles. The summed E-state index contributed by atoms with van der Waals surface area (Å²) < 4.78 is 102. The molecule has 0 saturated carbocycles. The molecule has 4 N–H and O–H groups in total. The number of benzene rings is 2. The van der Waals surface area contributed by atoms with E-state index >= 15 is 17.6 Å². The molecule has 0 amide bonds. The van der Waals surface area contributed by atoms with Gasteiger partial charge in [-0.3, -0.25) is 4.90 Å². The first-order valence-electron chi connectivity index (χ1n) is 16.5. The molecule has 0 radical (unpaired) electrons. The fraction of sp³-hybridized carbons (Fsp3) is 0.333. The predicted octanol–water partition coefficient (Wildman–Crippen LogP) is 7.76. The van der Waals surface area contributed by atoms with Crippen molar-refractivity contribution in [2.45, 2.75) is 44.4 Å². The van der Waals surface area contributed by atoms with Gasteiger partial charge in [-0.15, -0.1) is 11.3 Å². The lowest BCUT2D eigenvalue weighted by Crippen LogP contribution is -2.31. The van der Waals surface area contributed by atoms with Crippen molar-refractivity contribution < 1.29 is 35.8 Å². The number of alkyl halides is 3. The highest BCUT2D eigenvalue weighted by Crippen LogP contribution is 2.53. The molecule has 2 saturated heterocycles. The molecule has 0 bridgehead atoms. The van der Waals surface area contributed by atoms with Gasteiger partial charge in [-0.05, 0) is 50.4 Å². The summed E-state index contributed by atoms with van der Waals surface area (Å²) in [5.74, 6) is -4.04. The van der Waals surface area contributed by atoms with Crippen LogP contribution in [0.2, 0.25) is 0 Å². The van der Waals surface area contributed by atoms with E-state index in [0.29, 0.717) is 11.3 Å². The van der Waals surface area contributed by atoms with Crippen LogP contribution in [0, 0.1) is 28.8 Å². The van der Waals surface area contributed by atoms with Crippen molar-refractivity contribution in [3.63, 3.8) is 0 Å². The Bertz CT molecular complexity index is 2330. The number of ether oxygens (including phenoxy) is 2. The first kappa shape index (κ1) is 36.0. The highest BCUT2D eigenvalue weighted by Gasteiger charge is 2.44. The Balaban J connectivity index is 0.000000418. The molecule has 17 heteroatoms. The van der Waals surface area contributed by atoms with Gasteiger partial charge in [0.2, 0.25) is 0 Å². The Labute approximate surface area is 303 Å². The Morgan fingerprint density at radius 3 is 2.62 bits per heavy atom. The number of nitrogen functional groups attached to an aromatic ring is 2. The minimum absolute atomic E-state index is 0.0391. The molecule has 53 heavy (non-hydrogen) atoms. The van der Waals surface area contributed by atoms with Crippen LogP contribution < -0.4 is 25.8 Å². The number of pyridine rings is 1. The van der Waals surface area contributed by atoms with E-state index in [1.165, 1.54) is 49.9 Å². The lowest BCUT2D eigenvalue weighted by Gasteiger charge is -2.30. The number of anilines is 3. The van der Waals surface area contributed by atoms with Crippen LogP contribution in [-0.4, -0.2) is 59.2 Å². The van der Waals surface area contributed by atoms with Gasteiger partial charge >= 0.3 is 12.2 Å². The van der Waals surface area contributed by atoms with E-state index in [1.54, 1.807) is 13.0 Å². The van der Waals surface area contributed by atoms with Gasteiger partial charge in [0.05, 0.1) is 41.5 Å². The van der Waals surface area contributed by atoms with Crippen molar-refractivity contribution in [3.05, 3.63) is 70.7 Å². The maximum atomic E-state index is 16.8. The molecule has 2 fully saturated rings. The smallest absolute Gasteiger partial charge is 0.420 e. The summed E-state index contributed by atoms with van der Waals surface area (Å²) in [6, 6.07) is 4.37. The SMILES string of the molecule is C=C1CC2CCCN2C1.COc1nc2c3c(c(C(F)(F)F)c(-c4ccc(F)c5sc(N)c(C#N)c45)c(F)c3n1)OCCN2C(C)c1cc(F)cnc1N. The quantitative estimate of drug-likeness (QED) is 0.138. The molecule has 3 aliphatic rings.